The van der Waals surface area contributed by atoms with Crippen LogP contribution in [0.25, 0.3) is 0 Å². The van der Waals surface area contributed by atoms with Crippen LogP contribution in [0.2, 0.25) is 0 Å². The van der Waals surface area contributed by atoms with Crippen LogP contribution in [0, 0.1) is 6.92 Å². The van der Waals surface area contributed by atoms with Crippen LogP contribution in [-0.2, 0) is 0 Å². The van der Waals surface area contributed by atoms with E-state index in [0.29, 0.717) is 12.0 Å². The molecule has 0 spiro atoms. The molecule has 98 valence electrons. The zero-order valence-corrected chi connectivity index (χ0v) is 11.7. The maximum absolute atomic E-state index is 4.33. The summed E-state index contributed by atoms with van der Waals surface area (Å²) in [7, 11) is 0. The Morgan fingerprint density at radius 2 is 2.00 bits per heavy atom. The van der Waals surface area contributed by atoms with Gasteiger partial charge in [-0.15, -0.1) is 10.2 Å². The van der Waals surface area contributed by atoms with Gasteiger partial charge in [0, 0.05) is 11.7 Å². The van der Waals surface area contributed by atoms with E-state index in [1.807, 2.05) is 0 Å². The van der Waals surface area contributed by atoms with Crippen LogP contribution in [0.3, 0.4) is 0 Å². The highest BCUT2D eigenvalue weighted by Gasteiger charge is 2.33. The maximum Gasteiger partial charge on any atom is 0.210 e. The monoisotopic (exact) mass is 272 g/mol. The molecule has 1 aromatic carbocycles. The molecular weight excluding hydrogens is 256 g/mol. The van der Waals surface area contributed by atoms with E-state index < -0.39 is 0 Å². The lowest BCUT2D eigenvalue weighted by molar-refractivity contribution is 0.633. The van der Waals surface area contributed by atoms with Gasteiger partial charge in [-0.2, -0.15) is 0 Å². The van der Waals surface area contributed by atoms with E-state index >= 15 is 0 Å². The lowest BCUT2D eigenvalue weighted by Crippen LogP contribution is -2.29. The van der Waals surface area contributed by atoms with Crippen molar-refractivity contribution >= 4 is 11.8 Å². The van der Waals surface area contributed by atoms with E-state index in [-0.39, 0.29) is 0 Å². The van der Waals surface area contributed by atoms with Crippen LogP contribution < -0.4 is 5.43 Å². The van der Waals surface area contributed by atoms with Crippen molar-refractivity contribution in [2.24, 2.45) is 0 Å². The summed E-state index contributed by atoms with van der Waals surface area (Å²) in [6.45, 7) is 2.12. The van der Waals surface area contributed by atoms with Crippen molar-refractivity contribution in [1.82, 2.24) is 14.9 Å². The van der Waals surface area contributed by atoms with Gasteiger partial charge in [0.1, 0.15) is 0 Å². The van der Waals surface area contributed by atoms with Gasteiger partial charge in [0.05, 0.1) is 6.04 Å². The average molecular weight is 272 g/mol. The van der Waals surface area contributed by atoms with Gasteiger partial charge in [-0.1, -0.05) is 41.6 Å². The van der Waals surface area contributed by atoms with Crippen LogP contribution in [-0.4, -0.2) is 20.6 Å². The summed E-state index contributed by atoms with van der Waals surface area (Å²) in [6, 6.07) is 9.10. The Bertz CT molecular complexity index is 600. The van der Waals surface area contributed by atoms with Crippen molar-refractivity contribution in [3.8, 4) is 0 Å². The summed E-state index contributed by atoms with van der Waals surface area (Å²) >= 11 is 1.79. The summed E-state index contributed by atoms with van der Waals surface area (Å²) in [5.41, 5.74) is 6.21. The van der Waals surface area contributed by atoms with E-state index in [1.54, 1.807) is 11.8 Å². The molecule has 1 aromatic heterocycles. The lowest BCUT2D eigenvalue weighted by atomic mass is 10.1. The fourth-order valence-corrected chi connectivity index (χ4v) is 3.38. The molecular formula is C14H16N4S. The van der Waals surface area contributed by atoms with Crippen molar-refractivity contribution in [2.45, 2.75) is 36.9 Å². The Labute approximate surface area is 116 Å². The van der Waals surface area contributed by atoms with Crippen molar-refractivity contribution in [3.63, 3.8) is 0 Å². The molecule has 2 aromatic rings. The van der Waals surface area contributed by atoms with Gasteiger partial charge in [-0.25, -0.2) is 4.68 Å². The number of nitrogens with one attached hydrogen (secondary N) is 1. The zero-order valence-electron chi connectivity index (χ0n) is 10.8. The molecule has 0 radical (unpaired) electrons. The van der Waals surface area contributed by atoms with Crippen molar-refractivity contribution in [2.75, 3.05) is 11.2 Å². The molecule has 1 atom stereocenters. The second-order valence-corrected chi connectivity index (χ2v) is 6.34. The fraction of sp³-hybridized carbons (Fsp3) is 0.429. The van der Waals surface area contributed by atoms with E-state index in [1.165, 1.54) is 24.0 Å². The maximum atomic E-state index is 4.33. The Morgan fingerprint density at radius 1 is 1.21 bits per heavy atom. The summed E-state index contributed by atoms with van der Waals surface area (Å²) in [4.78, 5) is 0. The Balaban J connectivity index is 1.63. The van der Waals surface area contributed by atoms with Crippen LogP contribution in [0.4, 0.5) is 0 Å². The minimum absolute atomic E-state index is 0.339. The smallest absolute Gasteiger partial charge is 0.210 e. The third-order valence-electron chi connectivity index (χ3n) is 3.74. The second kappa shape index (κ2) is 4.27. The minimum atomic E-state index is 0.339. The number of rotatable bonds is 2. The number of fused-ring (bicyclic) bond motifs is 1. The predicted octanol–water partition coefficient (Wildman–Crippen LogP) is 2.85. The third-order valence-corrected chi connectivity index (χ3v) is 4.77. The van der Waals surface area contributed by atoms with Gasteiger partial charge in [0.25, 0.3) is 0 Å². The molecule has 19 heavy (non-hydrogen) atoms. The number of benzene rings is 1. The normalized spacial score (nSPS) is 21.8. The van der Waals surface area contributed by atoms with E-state index in [0.717, 1.165) is 16.7 Å². The largest absolute Gasteiger partial charge is 0.314 e. The first-order chi connectivity index (χ1) is 9.31. The van der Waals surface area contributed by atoms with E-state index in [4.69, 9.17) is 0 Å². The van der Waals surface area contributed by atoms with Crippen LogP contribution in [0.1, 0.15) is 41.8 Å². The van der Waals surface area contributed by atoms with Crippen molar-refractivity contribution in [1.29, 1.82) is 0 Å². The third kappa shape index (κ3) is 2.02. The van der Waals surface area contributed by atoms with Gasteiger partial charge in [0.15, 0.2) is 5.82 Å². The molecule has 1 saturated carbocycles. The highest BCUT2D eigenvalue weighted by atomic mass is 32.2. The molecule has 4 rings (SSSR count). The summed E-state index contributed by atoms with van der Waals surface area (Å²) < 4.78 is 2.11. The van der Waals surface area contributed by atoms with Gasteiger partial charge >= 0.3 is 0 Å². The highest BCUT2D eigenvalue weighted by molar-refractivity contribution is 7.99. The molecule has 1 aliphatic heterocycles. The first-order valence-electron chi connectivity index (χ1n) is 6.72. The molecule has 0 bridgehead atoms. The van der Waals surface area contributed by atoms with Gasteiger partial charge in [-0.3, -0.25) is 0 Å². The number of hydrogen-bond donors (Lipinski definition) is 1. The summed E-state index contributed by atoms with van der Waals surface area (Å²) in [5.74, 6) is 2.73. The summed E-state index contributed by atoms with van der Waals surface area (Å²) in [6.07, 6.45) is 2.50. The predicted molar refractivity (Wildman–Crippen MR) is 76.0 cm³/mol. The molecule has 0 amide bonds. The minimum Gasteiger partial charge on any atom is -0.314 e. The first-order valence-corrected chi connectivity index (χ1v) is 7.71. The topological polar surface area (TPSA) is 42.7 Å². The van der Waals surface area contributed by atoms with Crippen molar-refractivity contribution in [3.05, 3.63) is 41.2 Å². The molecule has 2 heterocycles. The quantitative estimate of drug-likeness (QED) is 0.913. The van der Waals surface area contributed by atoms with Crippen LogP contribution in [0.5, 0.6) is 0 Å². The zero-order chi connectivity index (χ0) is 12.8. The van der Waals surface area contributed by atoms with Crippen LogP contribution in [0.15, 0.2) is 29.4 Å². The molecule has 1 fully saturated rings. The SMILES string of the molecule is Cc1ccc(C2CSc3nnc(C4CC4)n3N2)cc1. The second-order valence-electron chi connectivity index (χ2n) is 5.35. The Morgan fingerprint density at radius 3 is 2.74 bits per heavy atom. The molecule has 1 aliphatic carbocycles. The number of nitrogens with zero attached hydrogens (tertiary/aromatic N) is 3. The van der Waals surface area contributed by atoms with Crippen molar-refractivity contribution < 1.29 is 0 Å². The number of thioether (sulfide) groups is 1. The molecule has 4 nitrogen and oxygen atoms in total. The first kappa shape index (κ1) is 11.3. The number of hydrogen-bond acceptors (Lipinski definition) is 4. The van der Waals surface area contributed by atoms with Gasteiger partial charge < -0.3 is 5.43 Å². The number of aromatic nitrogens is 3. The molecule has 0 saturated heterocycles. The standard InChI is InChI=1S/C14H16N4S/c1-9-2-4-10(5-3-9)12-8-19-14-16-15-13(11-6-7-11)18(14)17-12/h2-5,11-12,17H,6-8H2,1H3. The van der Waals surface area contributed by atoms with E-state index in [2.05, 4.69) is 51.5 Å². The molecule has 2 aliphatic rings. The molecule has 1 N–H and O–H groups in total. The van der Waals surface area contributed by atoms with Gasteiger partial charge in [-0.05, 0) is 25.3 Å². The van der Waals surface area contributed by atoms with E-state index in [9.17, 15) is 0 Å². The lowest BCUT2D eigenvalue weighted by Gasteiger charge is -2.26. The number of aryl methyl sites for hydroxylation is 1. The fourth-order valence-electron chi connectivity index (χ4n) is 2.42. The van der Waals surface area contributed by atoms with Crippen LogP contribution >= 0.6 is 11.8 Å². The average Bonchev–Trinajstić information content (AvgIpc) is 3.19. The van der Waals surface area contributed by atoms with Gasteiger partial charge in [0.2, 0.25) is 5.16 Å². The molecule has 1 unspecified atom stereocenters. The Kier molecular flexibility index (Phi) is 2.55. The Hall–Kier alpha value is -1.49. The highest BCUT2D eigenvalue weighted by Crippen LogP contribution is 2.41. The summed E-state index contributed by atoms with van der Waals surface area (Å²) in [5, 5.41) is 9.61. The molecule has 5 heteroatoms.